The molecule has 0 saturated carbocycles. The second-order valence-electron chi connectivity index (χ2n) is 15.8. The van der Waals surface area contributed by atoms with E-state index < -0.39 is 0 Å². The molecule has 0 saturated heterocycles. The molecule has 0 fully saturated rings. The molecule has 4 heterocycles. The van der Waals surface area contributed by atoms with Crippen LogP contribution in [0, 0.1) is 13.8 Å². The van der Waals surface area contributed by atoms with Crippen LogP contribution in [0.4, 0.5) is 28.7 Å². The number of methoxy groups -OCH3 is 4. The molecule has 8 aromatic rings. The third-order valence-electron chi connectivity index (χ3n) is 11.7. The van der Waals surface area contributed by atoms with Crippen LogP contribution < -0.4 is 46.4 Å². The van der Waals surface area contributed by atoms with E-state index in [0.29, 0.717) is 67.9 Å². The zero-order valence-electron chi connectivity index (χ0n) is 39.3. The molecule has 0 unspecified atom stereocenters. The normalized spacial score (nSPS) is 10.8. The number of aryl methyl sites for hydroxylation is 4. The predicted molar refractivity (Wildman–Crippen MR) is 290 cm³/mol. The maximum Gasteiger partial charge on any atom is 0.258 e. The van der Waals surface area contributed by atoms with Gasteiger partial charge >= 0.3 is 0 Å². The molecular formula is C53H51Cl4N7O7. The minimum absolute atomic E-state index is 0. The van der Waals surface area contributed by atoms with Crippen molar-refractivity contribution in [1.29, 1.82) is 0 Å². The summed E-state index contributed by atoms with van der Waals surface area (Å²) in [4.78, 5) is 48.2. The number of anilines is 5. The first kappa shape index (κ1) is 53.1. The zero-order chi connectivity index (χ0) is 50.7. The van der Waals surface area contributed by atoms with E-state index in [1.165, 1.54) is 34.5 Å². The van der Waals surface area contributed by atoms with Crippen LogP contribution in [-0.2, 0) is 25.3 Å². The number of ether oxygens (including phenoxy) is 4. The van der Waals surface area contributed by atoms with Crippen LogP contribution in [0.2, 0.25) is 20.1 Å². The summed E-state index contributed by atoms with van der Waals surface area (Å²) in [6.07, 6.45) is 4.88. The Morgan fingerprint density at radius 1 is 0.648 bits per heavy atom. The fraction of sp³-hybridized carbons (Fsp3) is 0.189. The fourth-order valence-corrected chi connectivity index (χ4v) is 9.53. The second kappa shape index (κ2) is 22.2. The van der Waals surface area contributed by atoms with Gasteiger partial charge in [0.15, 0.2) is 5.78 Å². The van der Waals surface area contributed by atoms with E-state index in [1.54, 1.807) is 66.0 Å². The highest BCUT2D eigenvalue weighted by Crippen LogP contribution is 2.47. The molecule has 18 heteroatoms. The third-order valence-corrected chi connectivity index (χ3v) is 13.2. The molecule has 0 spiro atoms. The lowest BCUT2D eigenvalue weighted by atomic mass is 10.0. The van der Waals surface area contributed by atoms with Gasteiger partial charge in [-0.25, -0.2) is 9.97 Å². The van der Waals surface area contributed by atoms with Gasteiger partial charge in [-0.1, -0.05) is 90.7 Å². The number of ketones is 1. The Morgan fingerprint density at radius 2 is 1.03 bits per heavy atom. The third kappa shape index (κ3) is 10.2. The molecule has 0 radical (unpaired) electrons. The summed E-state index contributed by atoms with van der Waals surface area (Å²) in [6.45, 7) is 7.32. The molecule has 4 aromatic carbocycles. The zero-order valence-corrected chi connectivity index (χ0v) is 42.3. The lowest BCUT2D eigenvalue weighted by Gasteiger charge is -2.18. The summed E-state index contributed by atoms with van der Waals surface area (Å²) in [7, 11) is 9.30. The number of nitrogen functional groups attached to an aromatic ring is 1. The summed E-state index contributed by atoms with van der Waals surface area (Å²) in [6, 6.07) is 21.5. The quantitative estimate of drug-likeness (QED) is 0.0738. The molecule has 4 N–H and O–H groups in total. The van der Waals surface area contributed by atoms with Crippen LogP contribution in [0.25, 0.3) is 44.1 Å². The summed E-state index contributed by atoms with van der Waals surface area (Å²) in [5.74, 6) is 2.45. The number of fused-ring (bicyclic) bond motifs is 2. The summed E-state index contributed by atoms with van der Waals surface area (Å²) in [5, 5.41) is 8.88. The van der Waals surface area contributed by atoms with Crippen LogP contribution in [0.3, 0.4) is 0 Å². The fourth-order valence-electron chi connectivity index (χ4n) is 8.12. The van der Waals surface area contributed by atoms with Crippen molar-refractivity contribution < 1.29 is 23.7 Å². The second-order valence-corrected chi connectivity index (χ2v) is 17.3. The van der Waals surface area contributed by atoms with E-state index in [9.17, 15) is 14.4 Å². The number of carbonyl (C=O) groups is 1. The number of nitrogens with one attached hydrogen (secondary N) is 2. The van der Waals surface area contributed by atoms with Crippen molar-refractivity contribution >= 4 is 103 Å². The maximum absolute atomic E-state index is 13.6. The van der Waals surface area contributed by atoms with Gasteiger partial charge in [-0.2, -0.15) is 0 Å². The number of halogens is 4. The molecule has 0 aliphatic rings. The molecule has 14 nitrogen and oxygen atoms in total. The van der Waals surface area contributed by atoms with Crippen molar-refractivity contribution in [2.24, 2.45) is 14.1 Å². The highest BCUT2D eigenvalue weighted by atomic mass is 35.5. The van der Waals surface area contributed by atoms with Crippen molar-refractivity contribution in [2.45, 2.75) is 27.7 Å². The maximum atomic E-state index is 13.6. The van der Waals surface area contributed by atoms with E-state index in [1.807, 2.05) is 56.3 Å². The number of hydrogen-bond donors (Lipinski definition) is 3. The summed E-state index contributed by atoms with van der Waals surface area (Å²) < 4.78 is 24.5. The number of carbonyl (C=O) groups excluding carboxylic acids is 1. The van der Waals surface area contributed by atoms with Gasteiger partial charge in [0.05, 0.1) is 82.1 Å². The van der Waals surface area contributed by atoms with Gasteiger partial charge in [0.1, 0.15) is 34.6 Å². The molecule has 0 bridgehead atoms. The summed E-state index contributed by atoms with van der Waals surface area (Å²) in [5.41, 5.74) is 12.6. The number of pyridine rings is 4. The van der Waals surface area contributed by atoms with Crippen molar-refractivity contribution in [2.75, 3.05) is 44.8 Å². The number of hydrogen-bond acceptors (Lipinski definition) is 12. The molecule has 0 aliphatic carbocycles. The average Bonchev–Trinajstić information content (AvgIpc) is 3.35. The SMILES string of the molecule is C.C=CC(=O)Cc1ccccc1Nc1ncc2cc(-c3c(Cl)c(OC)cc(OC)c3Cl)c(=O)n(C)c2c1C.COc1cc(OC)c(Cl)c(-c2cc3cnc(Nc4ccccc4N)c(C)c3n(C)c2=O)c1Cl. The van der Waals surface area contributed by atoms with Gasteiger partial charge in [0.2, 0.25) is 0 Å². The van der Waals surface area contributed by atoms with Gasteiger partial charge in [-0.05, 0) is 55.8 Å². The van der Waals surface area contributed by atoms with E-state index >= 15 is 0 Å². The minimum atomic E-state index is -0.302. The molecular weight excluding hydrogens is 988 g/mol. The number of allylic oxidation sites excluding steroid dienone is 1. The number of rotatable bonds is 13. The van der Waals surface area contributed by atoms with Crippen molar-refractivity contribution in [1.82, 2.24) is 19.1 Å². The summed E-state index contributed by atoms with van der Waals surface area (Å²) >= 11 is 26.3. The number of para-hydroxylation sites is 3. The topological polar surface area (TPSA) is 174 Å². The van der Waals surface area contributed by atoms with Crippen molar-refractivity contribution in [3.63, 3.8) is 0 Å². The highest BCUT2D eigenvalue weighted by Gasteiger charge is 2.25. The van der Waals surface area contributed by atoms with Crippen molar-refractivity contribution in [3.8, 4) is 45.3 Å². The van der Waals surface area contributed by atoms with Crippen LogP contribution in [0.5, 0.6) is 23.0 Å². The Balaban J connectivity index is 0.000000231. The largest absolute Gasteiger partial charge is 0.495 e. The van der Waals surface area contributed by atoms with E-state index in [0.717, 1.165) is 39.0 Å². The first-order valence-electron chi connectivity index (χ1n) is 21.3. The Labute approximate surface area is 430 Å². The van der Waals surface area contributed by atoms with Crippen molar-refractivity contribution in [3.05, 3.63) is 155 Å². The number of nitrogens with zero attached hydrogens (tertiary/aromatic N) is 4. The van der Waals surface area contributed by atoms with E-state index in [2.05, 4.69) is 27.2 Å². The molecule has 8 rings (SSSR count). The standard InChI is InChI=1S/C28H25Cl2N3O4.C24H22Cl2N4O3.CH4/c1-6-18(34)11-16-9-7-8-10-20(16)32-27-15(2)26-17(14-31-27)12-19(28(35)33(26)3)23-24(29)21(36-4)13-22(37-5)25(23)30;1-12-22-13(11-28-23(12)29-16-8-6-5-7-15(16)27)9-14(24(31)30(22)2)19-20(25)17(32-3)10-18(33-4)21(19)26;/h6-10,12-14H,1,11H2,2-5H3,(H,31,32);5-11H,27H2,1-4H3,(H,28,29);1H4. The highest BCUT2D eigenvalue weighted by molar-refractivity contribution is 6.42. The Hall–Kier alpha value is -7.23. The van der Waals surface area contributed by atoms with Crippen LogP contribution >= 0.6 is 46.4 Å². The number of aromatic nitrogens is 4. The predicted octanol–water partition coefficient (Wildman–Crippen LogP) is 12.5. The van der Waals surface area contributed by atoms with Gasteiger partial charge in [0.25, 0.3) is 11.1 Å². The van der Waals surface area contributed by atoms with Gasteiger partial charge in [-0.3, -0.25) is 14.4 Å². The molecule has 368 valence electrons. The van der Waals surface area contributed by atoms with E-state index in [-0.39, 0.29) is 56.4 Å². The molecule has 0 atom stereocenters. The lowest BCUT2D eigenvalue weighted by Crippen LogP contribution is -2.20. The van der Waals surface area contributed by atoms with Gasteiger partial charge < -0.3 is 44.4 Å². The molecule has 71 heavy (non-hydrogen) atoms. The molecule has 0 aliphatic heterocycles. The first-order valence-corrected chi connectivity index (χ1v) is 22.8. The Kier molecular flexibility index (Phi) is 16.6. The van der Waals surface area contributed by atoms with Crippen LogP contribution in [-0.4, -0.2) is 53.3 Å². The molecule has 4 aromatic heterocycles. The van der Waals surface area contributed by atoms with Crippen LogP contribution in [0.1, 0.15) is 24.1 Å². The Morgan fingerprint density at radius 3 is 1.42 bits per heavy atom. The number of benzene rings is 4. The van der Waals surface area contributed by atoms with Gasteiger partial charge in [0, 0.05) is 83.8 Å². The Bertz CT molecular complexity index is 3470. The van der Waals surface area contributed by atoms with E-state index in [4.69, 9.17) is 71.1 Å². The molecule has 0 amide bonds. The monoisotopic (exact) mass is 1040 g/mol. The minimum Gasteiger partial charge on any atom is -0.495 e. The first-order chi connectivity index (χ1) is 33.5. The lowest BCUT2D eigenvalue weighted by molar-refractivity contribution is -0.114. The average molecular weight is 1040 g/mol. The smallest absolute Gasteiger partial charge is 0.258 e. The van der Waals surface area contributed by atoms with Crippen LogP contribution in [0.15, 0.2) is 107 Å². The number of nitrogens with two attached hydrogens (primary N) is 1. The van der Waals surface area contributed by atoms with Gasteiger partial charge in [-0.15, -0.1) is 0 Å².